The van der Waals surface area contributed by atoms with E-state index in [9.17, 15) is 0 Å². The zero-order valence-electron chi connectivity index (χ0n) is 17.6. The molecule has 2 aromatic rings. The van der Waals surface area contributed by atoms with Crippen molar-refractivity contribution in [3.63, 3.8) is 0 Å². The quantitative estimate of drug-likeness (QED) is 0.367. The Morgan fingerprint density at radius 2 is 2.14 bits per heavy atom. The molecule has 9 nitrogen and oxygen atoms in total. The third-order valence-electron chi connectivity index (χ3n) is 4.85. The number of nitrogens with one attached hydrogen (secondary N) is 2. The zero-order valence-corrected chi connectivity index (χ0v) is 19.9. The average molecular weight is 501 g/mol. The van der Waals surface area contributed by atoms with E-state index in [1.807, 2.05) is 36.9 Å². The predicted octanol–water partition coefficient (Wildman–Crippen LogP) is 1.50. The summed E-state index contributed by atoms with van der Waals surface area (Å²) in [7, 11) is 7.80. The lowest BCUT2D eigenvalue weighted by molar-refractivity contribution is 0.391. The van der Waals surface area contributed by atoms with Gasteiger partial charge in [-0.25, -0.2) is 14.6 Å². The summed E-state index contributed by atoms with van der Waals surface area (Å²) in [5, 5.41) is 11.5. The Morgan fingerprint density at radius 3 is 2.75 bits per heavy atom. The minimum atomic E-state index is 0. The van der Waals surface area contributed by atoms with Gasteiger partial charge in [0.1, 0.15) is 5.82 Å². The molecule has 0 aromatic carbocycles. The van der Waals surface area contributed by atoms with E-state index in [4.69, 9.17) is 0 Å². The van der Waals surface area contributed by atoms with Crippen molar-refractivity contribution in [1.82, 2.24) is 34.9 Å². The van der Waals surface area contributed by atoms with Gasteiger partial charge in [0.25, 0.3) is 0 Å². The number of rotatable bonds is 5. The Balaban J connectivity index is 0.00000280. The molecule has 0 amide bonds. The Kier molecular flexibility index (Phi) is 7.67. The van der Waals surface area contributed by atoms with Crippen LogP contribution in [0.3, 0.4) is 0 Å². The van der Waals surface area contributed by atoms with Crippen LogP contribution >= 0.6 is 24.0 Å². The molecule has 0 aliphatic carbocycles. The summed E-state index contributed by atoms with van der Waals surface area (Å²) in [4.78, 5) is 15.5. The van der Waals surface area contributed by atoms with Gasteiger partial charge in [-0.2, -0.15) is 5.10 Å². The maximum Gasteiger partial charge on any atom is 0.204 e. The number of guanidine groups is 1. The second-order valence-corrected chi connectivity index (χ2v) is 7.53. The highest BCUT2D eigenvalue weighted by molar-refractivity contribution is 14.0. The predicted molar refractivity (Wildman–Crippen MR) is 123 cm³/mol. The number of halogens is 1. The number of anilines is 1. The highest BCUT2D eigenvalue weighted by atomic mass is 127. The van der Waals surface area contributed by atoms with Crippen LogP contribution in [0.4, 0.5) is 5.95 Å². The lowest BCUT2D eigenvalue weighted by Gasteiger charge is -2.25. The van der Waals surface area contributed by atoms with Gasteiger partial charge in [-0.1, -0.05) is 13.8 Å². The van der Waals surface area contributed by atoms with Gasteiger partial charge in [-0.3, -0.25) is 4.99 Å². The topological polar surface area (TPSA) is 88.2 Å². The summed E-state index contributed by atoms with van der Waals surface area (Å²) in [6, 6.07) is 0.286. The molecule has 0 fully saturated rings. The van der Waals surface area contributed by atoms with Crippen LogP contribution in [-0.2, 0) is 26.6 Å². The number of aryl methyl sites for hydroxylation is 1. The van der Waals surface area contributed by atoms with E-state index in [1.54, 1.807) is 7.05 Å². The highest BCUT2D eigenvalue weighted by Crippen LogP contribution is 2.17. The first-order chi connectivity index (χ1) is 12.9. The molecule has 3 heterocycles. The van der Waals surface area contributed by atoms with E-state index in [2.05, 4.69) is 49.1 Å². The molecule has 1 aliphatic heterocycles. The summed E-state index contributed by atoms with van der Waals surface area (Å²) in [6.07, 6.45) is 3.85. The number of nitrogens with zero attached hydrogens (tertiary/aromatic N) is 7. The molecule has 0 saturated heterocycles. The normalized spacial score (nSPS) is 16.5. The maximum atomic E-state index is 4.65. The first kappa shape index (κ1) is 22.4. The van der Waals surface area contributed by atoms with Gasteiger partial charge in [0.15, 0.2) is 11.8 Å². The van der Waals surface area contributed by atoms with Crippen LogP contribution < -0.4 is 15.5 Å². The van der Waals surface area contributed by atoms with Gasteiger partial charge < -0.3 is 20.1 Å². The number of aromatic nitrogens is 5. The van der Waals surface area contributed by atoms with Gasteiger partial charge in [-0.15, -0.1) is 24.0 Å². The van der Waals surface area contributed by atoms with E-state index in [1.165, 1.54) is 0 Å². The molecule has 1 atom stereocenters. The Labute approximate surface area is 184 Å². The molecule has 28 heavy (non-hydrogen) atoms. The van der Waals surface area contributed by atoms with Crippen LogP contribution in [0.1, 0.15) is 43.5 Å². The minimum Gasteiger partial charge on any atom is -0.352 e. The van der Waals surface area contributed by atoms with Crippen molar-refractivity contribution >= 4 is 35.9 Å². The molecular formula is C18H32IN9. The number of aliphatic imine (C=N–C) groups is 1. The molecule has 156 valence electrons. The molecule has 10 heteroatoms. The highest BCUT2D eigenvalue weighted by Gasteiger charge is 2.23. The number of hydrogen-bond donors (Lipinski definition) is 2. The number of imidazole rings is 1. The molecule has 2 aromatic heterocycles. The van der Waals surface area contributed by atoms with Gasteiger partial charge in [0.05, 0.1) is 25.0 Å². The lowest BCUT2D eigenvalue weighted by atomic mass is 10.1. The third-order valence-corrected chi connectivity index (χ3v) is 4.85. The van der Waals surface area contributed by atoms with E-state index in [0.717, 1.165) is 48.6 Å². The SMILES string of the molecule is CN=C(NCc1cnc(N(C)C)n1C)NC1CCc2nc(C(C)C)nn2C1.I. The smallest absolute Gasteiger partial charge is 0.204 e. The van der Waals surface area contributed by atoms with Gasteiger partial charge in [0.2, 0.25) is 5.95 Å². The van der Waals surface area contributed by atoms with E-state index in [0.29, 0.717) is 12.5 Å². The minimum absolute atomic E-state index is 0. The van der Waals surface area contributed by atoms with Crippen LogP contribution in [0.15, 0.2) is 11.2 Å². The van der Waals surface area contributed by atoms with Crippen molar-refractivity contribution in [2.75, 3.05) is 26.0 Å². The summed E-state index contributed by atoms with van der Waals surface area (Å²) < 4.78 is 4.12. The second-order valence-electron chi connectivity index (χ2n) is 7.53. The third kappa shape index (κ3) is 4.95. The largest absolute Gasteiger partial charge is 0.352 e. The fraction of sp³-hybridized carbons (Fsp3) is 0.667. The monoisotopic (exact) mass is 501 g/mol. The Morgan fingerprint density at radius 1 is 1.39 bits per heavy atom. The molecule has 1 unspecified atom stereocenters. The van der Waals surface area contributed by atoms with Crippen LogP contribution in [0.2, 0.25) is 0 Å². The van der Waals surface area contributed by atoms with Crippen molar-refractivity contribution in [3.8, 4) is 0 Å². The first-order valence-corrected chi connectivity index (χ1v) is 9.47. The first-order valence-electron chi connectivity index (χ1n) is 9.47. The molecule has 0 bridgehead atoms. The van der Waals surface area contributed by atoms with Gasteiger partial charge in [0, 0.05) is 46.6 Å². The second kappa shape index (κ2) is 9.57. The Hall–Kier alpha value is -1.85. The summed E-state index contributed by atoms with van der Waals surface area (Å²) in [6.45, 7) is 5.73. The molecular weight excluding hydrogens is 469 g/mol. The standard InChI is InChI=1S/C18H31N9.HI/c1-12(2)16-23-15-8-7-13(11-27(15)24-16)22-17(19-3)20-9-14-10-21-18(25(4)5)26(14)6;/h10,12-13H,7-9,11H2,1-6H3,(H2,19,20,22);1H. The van der Waals surface area contributed by atoms with E-state index >= 15 is 0 Å². The Bertz CT molecular complexity index is 806. The van der Waals surface area contributed by atoms with Crippen molar-refractivity contribution in [3.05, 3.63) is 23.5 Å². The molecule has 3 rings (SSSR count). The lowest BCUT2D eigenvalue weighted by Crippen LogP contribution is -2.47. The molecule has 0 saturated carbocycles. The van der Waals surface area contributed by atoms with Gasteiger partial charge >= 0.3 is 0 Å². The van der Waals surface area contributed by atoms with E-state index in [-0.39, 0.29) is 30.0 Å². The maximum absolute atomic E-state index is 4.65. The fourth-order valence-electron chi connectivity index (χ4n) is 3.27. The van der Waals surface area contributed by atoms with Crippen molar-refractivity contribution < 1.29 is 0 Å². The van der Waals surface area contributed by atoms with Crippen LogP contribution in [-0.4, -0.2) is 57.5 Å². The summed E-state index contributed by atoms with van der Waals surface area (Å²) in [5.74, 6) is 4.10. The van der Waals surface area contributed by atoms with E-state index < -0.39 is 0 Å². The van der Waals surface area contributed by atoms with Crippen molar-refractivity contribution in [1.29, 1.82) is 0 Å². The van der Waals surface area contributed by atoms with Crippen LogP contribution in [0.25, 0.3) is 0 Å². The van der Waals surface area contributed by atoms with Crippen LogP contribution in [0, 0.1) is 0 Å². The molecule has 1 aliphatic rings. The summed E-state index contributed by atoms with van der Waals surface area (Å²) in [5.41, 5.74) is 1.10. The number of hydrogen-bond acceptors (Lipinski definition) is 5. The molecule has 0 radical (unpaired) electrons. The summed E-state index contributed by atoms with van der Waals surface area (Å²) >= 11 is 0. The van der Waals surface area contributed by atoms with Crippen LogP contribution in [0.5, 0.6) is 0 Å². The van der Waals surface area contributed by atoms with Crippen molar-refractivity contribution in [2.45, 2.75) is 51.7 Å². The van der Waals surface area contributed by atoms with Crippen molar-refractivity contribution in [2.24, 2.45) is 12.0 Å². The number of fused-ring (bicyclic) bond motifs is 1. The molecule has 0 spiro atoms. The fourth-order valence-corrected chi connectivity index (χ4v) is 3.27. The van der Waals surface area contributed by atoms with Gasteiger partial charge in [-0.05, 0) is 6.42 Å². The zero-order chi connectivity index (χ0) is 19.6. The average Bonchev–Trinajstić information content (AvgIpc) is 3.21. The molecule has 2 N–H and O–H groups in total.